The topological polar surface area (TPSA) is 0 Å². The van der Waals surface area contributed by atoms with Crippen LogP contribution in [0.3, 0.4) is 0 Å². The summed E-state index contributed by atoms with van der Waals surface area (Å²) in [6.07, 6.45) is 9.61. The average molecular weight is 108 g/mol. The number of hydrogen-bond acceptors (Lipinski definition) is 0. The summed E-state index contributed by atoms with van der Waals surface area (Å²) in [5.41, 5.74) is 1.89. The van der Waals surface area contributed by atoms with Crippen molar-refractivity contribution in [3.8, 4) is 0 Å². The van der Waals surface area contributed by atoms with E-state index in [4.69, 9.17) is 0 Å². The van der Waals surface area contributed by atoms with Crippen molar-refractivity contribution in [1.82, 2.24) is 0 Å². The molecule has 0 unspecified atom stereocenters. The molecular weight excluding hydrogens is 96.1 g/mol. The summed E-state index contributed by atoms with van der Waals surface area (Å²) in [5, 5.41) is 0. The van der Waals surface area contributed by atoms with Gasteiger partial charge in [0, 0.05) is 0 Å². The first-order valence-corrected chi connectivity index (χ1v) is 3.83. The van der Waals surface area contributed by atoms with Gasteiger partial charge in [0.15, 0.2) is 0 Å². The van der Waals surface area contributed by atoms with Crippen LogP contribution in [0.4, 0.5) is 0 Å². The lowest BCUT2D eigenvalue weighted by atomic mass is 9.69. The Balaban J connectivity index is 2.17. The van der Waals surface area contributed by atoms with Gasteiger partial charge in [-0.05, 0) is 49.4 Å². The second-order valence-electron chi connectivity index (χ2n) is 4.35. The minimum atomic E-state index is 0.944. The molecular formula is C8H12. The van der Waals surface area contributed by atoms with Crippen LogP contribution in [0.15, 0.2) is 0 Å². The van der Waals surface area contributed by atoms with Crippen LogP contribution >= 0.6 is 0 Å². The average Bonchev–Trinajstić information content (AvgIpc) is 2.24. The second-order valence-corrected chi connectivity index (χ2v) is 4.35. The van der Waals surface area contributed by atoms with Crippen molar-refractivity contribution in [3.05, 3.63) is 0 Å². The molecule has 0 aromatic rings. The lowest BCUT2D eigenvalue weighted by Crippen LogP contribution is -2.25. The molecule has 0 saturated heterocycles. The monoisotopic (exact) mass is 108 g/mol. The van der Waals surface area contributed by atoms with E-state index in [1.54, 1.807) is 38.5 Å². The first-order chi connectivity index (χ1) is 3.83. The molecule has 0 radical (unpaired) electrons. The second kappa shape index (κ2) is 0.778. The van der Waals surface area contributed by atoms with Crippen LogP contribution in [0.25, 0.3) is 0 Å². The fourth-order valence-electron chi connectivity index (χ4n) is 3.56. The molecule has 5 fully saturated rings. The van der Waals surface area contributed by atoms with Crippen LogP contribution in [0.1, 0.15) is 38.5 Å². The molecule has 0 amide bonds. The zero-order valence-electron chi connectivity index (χ0n) is 5.24. The van der Waals surface area contributed by atoms with E-state index in [9.17, 15) is 0 Å². The molecule has 0 aromatic carbocycles. The normalized spacial score (nSPS) is 66.0. The first kappa shape index (κ1) is 3.92. The lowest BCUT2D eigenvalue weighted by Gasteiger charge is -2.36. The highest BCUT2D eigenvalue weighted by Gasteiger charge is 2.65. The predicted molar refractivity (Wildman–Crippen MR) is 32.6 cm³/mol. The van der Waals surface area contributed by atoms with Gasteiger partial charge >= 0.3 is 0 Å². The van der Waals surface area contributed by atoms with Crippen LogP contribution in [0, 0.1) is 10.8 Å². The molecule has 5 rings (SSSR count). The molecule has 0 heterocycles. The minimum absolute atomic E-state index is 0.944. The zero-order chi connectivity index (χ0) is 5.24. The Bertz CT molecular complexity index is 112. The Kier molecular flexibility index (Phi) is 0.381. The van der Waals surface area contributed by atoms with Gasteiger partial charge in [0.1, 0.15) is 0 Å². The summed E-state index contributed by atoms with van der Waals surface area (Å²) in [5.74, 6) is 0. The molecule has 0 N–H and O–H groups in total. The summed E-state index contributed by atoms with van der Waals surface area (Å²) in [6.45, 7) is 0. The first-order valence-electron chi connectivity index (χ1n) is 3.83. The predicted octanol–water partition coefficient (Wildman–Crippen LogP) is 2.34. The van der Waals surface area contributed by atoms with Crippen molar-refractivity contribution in [2.45, 2.75) is 38.5 Å². The SMILES string of the molecule is C1CC23CCC1(C2)C3. The molecule has 0 atom stereocenters. The minimum Gasteiger partial charge on any atom is -0.0470 e. The van der Waals surface area contributed by atoms with Crippen LogP contribution in [-0.2, 0) is 0 Å². The Labute approximate surface area is 50.3 Å². The highest BCUT2D eigenvalue weighted by molar-refractivity contribution is 5.16. The van der Waals surface area contributed by atoms with E-state index >= 15 is 0 Å². The molecule has 8 heavy (non-hydrogen) atoms. The van der Waals surface area contributed by atoms with E-state index in [0.717, 1.165) is 10.8 Å². The van der Waals surface area contributed by atoms with E-state index in [1.165, 1.54) is 0 Å². The van der Waals surface area contributed by atoms with Gasteiger partial charge in [0.25, 0.3) is 0 Å². The summed E-state index contributed by atoms with van der Waals surface area (Å²) in [7, 11) is 0. The number of rotatable bonds is 0. The largest absolute Gasteiger partial charge is 0.0470 e. The molecule has 5 saturated carbocycles. The molecule has 0 heteroatoms. The quantitative estimate of drug-likeness (QED) is 0.447. The van der Waals surface area contributed by atoms with Crippen LogP contribution in [0.5, 0.6) is 0 Å². The van der Waals surface area contributed by atoms with Gasteiger partial charge in [-0.2, -0.15) is 0 Å². The maximum Gasteiger partial charge on any atom is -0.0287 e. The fourth-order valence-corrected chi connectivity index (χ4v) is 3.56. The van der Waals surface area contributed by atoms with Gasteiger partial charge in [-0.25, -0.2) is 0 Å². The summed E-state index contributed by atoms with van der Waals surface area (Å²) in [4.78, 5) is 0. The summed E-state index contributed by atoms with van der Waals surface area (Å²) >= 11 is 0. The molecule has 0 aromatic heterocycles. The molecule has 5 aliphatic rings. The highest BCUT2D eigenvalue weighted by Crippen LogP contribution is 2.77. The Morgan fingerprint density at radius 1 is 0.625 bits per heavy atom. The standard InChI is InChI=1S/C8H12/c1-2-8-4-3-7(1,5-8)6-8/h1-6H2. The Morgan fingerprint density at radius 2 is 1.00 bits per heavy atom. The summed E-state index contributed by atoms with van der Waals surface area (Å²) in [6, 6.07) is 0. The van der Waals surface area contributed by atoms with Crippen molar-refractivity contribution in [1.29, 1.82) is 0 Å². The fraction of sp³-hybridized carbons (Fsp3) is 1.00. The van der Waals surface area contributed by atoms with Gasteiger partial charge in [0.2, 0.25) is 0 Å². The lowest BCUT2D eigenvalue weighted by molar-refractivity contribution is 0.144. The van der Waals surface area contributed by atoms with E-state index in [1.807, 2.05) is 0 Å². The van der Waals surface area contributed by atoms with Crippen molar-refractivity contribution < 1.29 is 0 Å². The van der Waals surface area contributed by atoms with Gasteiger partial charge in [0.05, 0.1) is 0 Å². The zero-order valence-corrected chi connectivity index (χ0v) is 5.24. The number of fused-ring (bicyclic) bond motifs is 2. The highest BCUT2D eigenvalue weighted by atomic mass is 14.7. The molecule has 0 aliphatic heterocycles. The van der Waals surface area contributed by atoms with Crippen LogP contribution in [0.2, 0.25) is 0 Å². The third-order valence-corrected chi connectivity index (χ3v) is 3.87. The maximum atomic E-state index is 1.62. The third kappa shape index (κ3) is 0.222. The molecule has 5 aliphatic carbocycles. The maximum absolute atomic E-state index is 1.62. The molecule has 44 valence electrons. The van der Waals surface area contributed by atoms with Crippen molar-refractivity contribution in [3.63, 3.8) is 0 Å². The Morgan fingerprint density at radius 3 is 1.12 bits per heavy atom. The van der Waals surface area contributed by atoms with Gasteiger partial charge < -0.3 is 0 Å². The Hall–Kier alpha value is 0. The van der Waals surface area contributed by atoms with Crippen molar-refractivity contribution in [2.75, 3.05) is 0 Å². The molecule has 2 bridgehead atoms. The molecule has 0 nitrogen and oxygen atoms in total. The van der Waals surface area contributed by atoms with E-state index in [0.29, 0.717) is 0 Å². The van der Waals surface area contributed by atoms with Crippen molar-refractivity contribution in [2.24, 2.45) is 10.8 Å². The van der Waals surface area contributed by atoms with Gasteiger partial charge in [-0.1, -0.05) is 0 Å². The molecule has 0 spiro atoms. The smallest absolute Gasteiger partial charge is 0.0287 e. The van der Waals surface area contributed by atoms with Crippen LogP contribution in [-0.4, -0.2) is 0 Å². The third-order valence-electron chi connectivity index (χ3n) is 3.87. The summed E-state index contributed by atoms with van der Waals surface area (Å²) < 4.78 is 0. The van der Waals surface area contributed by atoms with Crippen LogP contribution < -0.4 is 0 Å². The van der Waals surface area contributed by atoms with Gasteiger partial charge in [-0.3, -0.25) is 0 Å². The van der Waals surface area contributed by atoms with E-state index in [2.05, 4.69) is 0 Å². The van der Waals surface area contributed by atoms with E-state index in [-0.39, 0.29) is 0 Å². The number of hydrogen-bond donors (Lipinski definition) is 0. The van der Waals surface area contributed by atoms with E-state index < -0.39 is 0 Å². The van der Waals surface area contributed by atoms with Gasteiger partial charge in [-0.15, -0.1) is 0 Å². The van der Waals surface area contributed by atoms with Crippen molar-refractivity contribution >= 4 is 0 Å².